The fraction of sp³-hybridized carbons (Fsp3) is 0.591. The first kappa shape index (κ1) is 19.4. The third-order valence-corrected chi connectivity index (χ3v) is 7.23. The summed E-state index contributed by atoms with van der Waals surface area (Å²) in [6.45, 7) is 1.11. The molecule has 2 amide bonds. The molecule has 1 aromatic carbocycles. The summed E-state index contributed by atoms with van der Waals surface area (Å²) in [5.41, 5.74) is 1.63. The van der Waals surface area contributed by atoms with Gasteiger partial charge in [0.05, 0.1) is 31.8 Å². The van der Waals surface area contributed by atoms with E-state index in [1.165, 1.54) is 4.90 Å². The van der Waals surface area contributed by atoms with E-state index in [1.54, 1.807) is 14.2 Å². The Hall–Kier alpha value is -2.61. The number of imide groups is 1. The van der Waals surface area contributed by atoms with Gasteiger partial charge in [-0.2, -0.15) is 0 Å². The summed E-state index contributed by atoms with van der Waals surface area (Å²) >= 11 is 0. The number of para-hydroxylation sites is 1. The van der Waals surface area contributed by atoms with Gasteiger partial charge in [-0.1, -0.05) is 11.2 Å². The lowest BCUT2D eigenvalue weighted by molar-refractivity contribution is -0.141. The summed E-state index contributed by atoms with van der Waals surface area (Å²) in [5, 5.41) is 4.41. The maximum atomic E-state index is 13.2. The molecule has 2 heterocycles. The van der Waals surface area contributed by atoms with Crippen molar-refractivity contribution in [2.24, 2.45) is 34.7 Å². The molecule has 2 aliphatic heterocycles. The number of rotatable bonds is 6. The van der Waals surface area contributed by atoms with Crippen LogP contribution in [-0.2, 0) is 14.4 Å². The summed E-state index contributed by atoms with van der Waals surface area (Å²) in [4.78, 5) is 35.6. The number of carbonyl (C=O) groups is 2. The monoisotopic (exact) mass is 413 g/mol. The number of hydrogen-bond donors (Lipinski definition) is 0. The van der Waals surface area contributed by atoms with Crippen molar-refractivity contribution in [3.63, 3.8) is 0 Å². The van der Waals surface area contributed by atoms with Crippen molar-refractivity contribution in [1.82, 2.24) is 9.80 Å². The van der Waals surface area contributed by atoms with E-state index in [9.17, 15) is 9.59 Å². The third-order valence-electron chi connectivity index (χ3n) is 7.23. The van der Waals surface area contributed by atoms with Crippen molar-refractivity contribution in [2.45, 2.75) is 12.5 Å². The fourth-order valence-corrected chi connectivity index (χ4v) is 6.02. The van der Waals surface area contributed by atoms with Crippen molar-refractivity contribution in [3.05, 3.63) is 23.8 Å². The topological polar surface area (TPSA) is 80.7 Å². The molecule has 4 aliphatic rings. The Morgan fingerprint density at radius 3 is 2.50 bits per heavy atom. The molecule has 6 atom stereocenters. The predicted octanol–water partition coefficient (Wildman–Crippen LogP) is 1.24. The van der Waals surface area contributed by atoms with E-state index < -0.39 is 0 Å². The third kappa shape index (κ3) is 2.52. The smallest absolute Gasteiger partial charge is 0.233 e. The lowest BCUT2D eigenvalue weighted by Crippen LogP contribution is -2.41. The molecule has 30 heavy (non-hydrogen) atoms. The number of fused-ring (bicyclic) bond motifs is 8. The summed E-state index contributed by atoms with van der Waals surface area (Å²) in [7, 11) is 7.09. The first-order chi connectivity index (χ1) is 14.5. The Labute approximate surface area is 175 Å². The van der Waals surface area contributed by atoms with Gasteiger partial charge in [0.2, 0.25) is 11.8 Å². The highest BCUT2D eigenvalue weighted by atomic mass is 16.6. The van der Waals surface area contributed by atoms with Crippen molar-refractivity contribution in [2.75, 3.05) is 41.4 Å². The molecule has 5 rings (SSSR count). The molecule has 1 aromatic rings. The van der Waals surface area contributed by atoms with Crippen molar-refractivity contribution >= 4 is 17.5 Å². The molecule has 8 nitrogen and oxygen atoms in total. The number of benzene rings is 1. The van der Waals surface area contributed by atoms with Gasteiger partial charge in [-0.25, -0.2) is 0 Å². The van der Waals surface area contributed by atoms with Gasteiger partial charge >= 0.3 is 0 Å². The Bertz CT molecular complexity index is 929. The van der Waals surface area contributed by atoms with E-state index in [0.29, 0.717) is 24.6 Å². The first-order valence-electron chi connectivity index (χ1n) is 10.4. The highest BCUT2D eigenvalue weighted by Crippen LogP contribution is 2.62. The molecular formula is C22H27N3O5. The number of ether oxygens (including phenoxy) is 2. The Morgan fingerprint density at radius 1 is 1.10 bits per heavy atom. The van der Waals surface area contributed by atoms with E-state index >= 15 is 0 Å². The molecule has 2 bridgehead atoms. The number of likely N-dealkylation sites (N-methyl/N-ethyl adjacent to an activating group) is 1. The number of amides is 2. The number of nitrogens with zero attached hydrogens (tertiary/aromatic N) is 3. The minimum atomic E-state index is -0.271. The average molecular weight is 413 g/mol. The highest BCUT2D eigenvalue weighted by molar-refractivity contribution is 6.10. The van der Waals surface area contributed by atoms with Crippen LogP contribution in [0.25, 0.3) is 0 Å². The molecule has 0 N–H and O–H groups in total. The number of oxime groups is 1. The van der Waals surface area contributed by atoms with Gasteiger partial charge < -0.3 is 19.2 Å². The van der Waals surface area contributed by atoms with Crippen LogP contribution in [0.1, 0.15) is 12.0 Å². The van der Waals surface area contributed by atoms with Crippen LogP contribution in [0.15, 0.2) is 23.4 Å². The van der Waals surface area contributed by atoms with Crippen LogP contribution in [-0.4, -0.2) is 74.8 Å². The maximum absolute atomic E-state index is 13.2. The Kier molecular flexibility index (Phi) is 4.50. The molecule has 2 saturated carbocycles. The molecule has 1 saturated heterocycles. The normalized spacial score (nSPS) is 33.6. The second-order valence-corrected chi connectivity index (χ2v) is 8.86. The second-order valence-electron chi connectivity index (χ2n) is 8.86. The van der Waals surface area contributed by atoms with Gasteiger partial charge in [-0.15, -0.1) is 0 Å². The van der Waals surface area contributed by atoms with Crippen molar-refractivity contribution in [1.29, 1.82) is 0 Å². The van der Waals surface area contributed by atoms with Gasteiger partial charge in [-0.3, -0.25) is 14.5 Å². The summed E-state index contributed by atoms with van der Waals surface area (Å²) in [5.74, 6) is 0.722. The molecule has 3 fully saturated rings. The summed E-state index contributed by atoms with van der Waals surface area (Å²) < 4.78 is 11.0. The van der Waals surface area contributed by atoms with Crippen LogP contribution in [0.4, 0.5) is 0 Å². The zero-order valence-corrected chi connectivity index (χ0v) is 17.7. The zero-order chi connectivity index (χ0) is 21.2. The number of carbonyl (C=O) groups excluding carboxylic acids is 2. The molecule has 8 heteroatoms. The lowest BCUT2D eigenvalue weighted by atomic mass is 9.71. The lowest BCUT2D eigenvalue weighted by Gasteiger charge is -2.30. The second kappa shape index (κ2) is 6.97. The van der Waals surface area contributed by atoms with Crippen LogP contribution in [0.5, 0.6) is 11.5 Å². The first-order valence-corrected chi connectivity index (χ1v) is 10.4. The highest BCUT2D eigenvalue weighted by Gasteiger charge is 2.70. The van der Waals surface area contributed by atoms with E-state index in [2.05, 4.69) is 5.16 Å². The number of methoxy groups -OCH3 is 2. The SMILES string of the molecule is COc1cccc(C2=NO[C@@H]3[C@H]4C[C@H]([C@H]5C(=O)N(CCN(C)C)C(=O)[C@H]45)[C@H]23)c1OC. The summed E-state index contributed by atoms with van der Waals surface area (Å²) in [6, 6.07) is 5.69. The molecule has 0 spiro atoms. The van der Waals surface area contributed by atoms with Gasteiger partial charge in [0.15, 0.2) is 11.5 Å². The van der Waals surface area contributed by atoms with Gasteiger partial charge in [0, 0.05) is 30.5 Å². The van der Waals surface area contributed by atoms with Crippen LogP contribution in [0.2, 0.25) is 0 Å². The number of likely N-dealkylation sites (tertiary alicyclic amines) is 1. The Balaban J connectivity index is 1.46. The molecule has 2 aliphatic carbocycles. The van der Waals surface area contributed by atoms with Crippen LogP contribution in [0.3, 0.4) is 0 Å². The van der Waals surface area contributed by atoms with Gasteiger partial charge in [0.25, 0.3) is 0 Å². The predicted molar refractivity (Wildman–Crippen MR) is 108 cm³/mol. The maximum Gasteiger partial charge on any atom is 0.233 e. The molecule has 0 radical (unpaired) electrons. The quantitative estimate of drug-likeness (QED) is 0.653. The van der Waals surface area contributed by atoms with Crippen molar-refractivity contribution < 1.29 is 23.9 Å². The van der Waals surface area contributed by atoms with Crippen LogP contribution >= 0.6 is 0 Å². The molecule has 0 aromatic heterocycles. The fourth-order valence-electron chi connectivity index (χ4n) is 6.02. The molecule has 0 unspecified atom stereocenters. The molecule has 160 valence electrons. The molecular weight excluding hydrogens is 386 g/mol. The van der Waals surface area contributed by atoms with Crippen molar-refractivity contribution in [3.8, 4) is 11.5 Å². The van der Waals surface area contributed by atoms with Crippen LogP contribution in [0, 0.1) is 29.6 Å². The van der Waals surface area contributed by atoms with Crippen LogP contribution < -0.4 is 9.47 Å². The Morgan fingerprint density at radius 2 is 1.83 bits per heavy atom. The minimum absolute atomic E-state index is 0.0113. The minimum Gasteiger partial charge on any atom is -0.493 e. The van der Waals surface area contributed by atoms with Gasteiger partial charge in [-0.05, 0) is 38.6 Å². The number of hydrogen-bond acceptors (Lipinski definition) is 7. The zero-order valence-electron chi connectivity index (χ0n) is 17.7. The van der Waals surface area contributed by atoms with Gasteiger partial charge in [0.1, 0.15) is 6.10 Å². The van der Waals surface area contributed by atoms with E-state index in [0.717, 1.165) is 17.7 Å². The van der Waals surface area contributed by atoms with E-state index in [-0.39, 0.29) is 47.5 Å². The van der Waals surface area contributed by atoms with E-state index in [4.69, 9.17) is 14.3 Å². The standard InChI is InChI=1S/C22H27N3O5/c1-24(2)8-9-25-21(26)15-12-10-13(16(15)22(25)27)20-17(12)18(23-30-20)11-6-5-7-14(28-3)19(11)29-4/h5-7,12-13,15-17,20H,8-10H2,1-4H3/t12-,13+,15-,16-,17-,20-/m1/s1. The summed E-state index contributed by atoms with van der Waals surface area (Å²) in [6.07, 6.45) is 0.669. The largest absolute Gasteiger partial charge is 0.493 e. The average Bonchev–Trinajstić information content (AvgIpc) is 3.46. The van der Waals surface area contributed by atoms with E-state index in [1.807, 2.05) is 37.2 Å².